The third-order valence-corrected chi connectivity index (χ3v) is 4.35. The summed E-state index contributed by atoms with van der Waals surface area (Å²) >= 11 is 1.87. The van der Waals surface area contributed by atoms with Gasteiger partial charge in [0, 0.05) is 10.9 Å². The van der Waals surface area contributed by atoms with E-state index in [0.29, 0.717) is 11.5 Å². The van der Waals surface area contributed by atoms with Crippen LogP contribution in [0.25, 0.3) is 0 Å². The molecule has 0 spiro atoms. The van der Waals surface area contributed by atoms with Gasteiger partial charge in [-0.2, -0.15) is 0 Å². The summed E-state index contributed by atoms with van der Waals surface area (Å²) in [6, 6.07) is 5.05. The number of thiophene rings is 1. The standard InChI is InChI=1S/C12H19NS/c1-12(2)8-10(12)11(13-3)7-9-5-4-6-14-9/h4-6,10-11,13H,7-8H2,1-3H3. The molecule has 1 N–H and O–H groups in total. The molecule has 14 heavy (non-hydrogen) atoms. The van der Waals surface area contributed by atoms with Crippen LogP contribution < -0.4 is 5.32 Å². The van der Waals surface area contributed by atoms with Crippen molar-refractivity contribution in [2.24, 2.45) is 11.3 Å². The van der Waals surface area contributed by atoms with Crippen molar-refractivity contribution in [2.45, 2.75) is 32.7 Å². The van der Waals surface area contributed by atoms with E-state index in [4.69, 9.17) is 0 Å². The van der Waals surface area contributed by atoms with Gasteiger partial charge in [-0.25, -0.2) is 0 Å². The summed E-state index contributed by atoms with van der Waals surface area (Å²) < 4.78 is 0. The van der Waals surface area contributed by atoms with Gasteiger partial charge in [-0.05, 0) is 42.7 Å². The normalized spacial score (nSPS) is 26.1. The van der Waals surface area contributed by atoms with E-state index in [1.165, 1.54) is 17.7 Å². The van der Waals surface area contributed by atoms with Gasteiger partial charge in [0.25, 0.3) is 0 Å². The fraction of sp³-hybridized carbons (Fsp3) is 0.667. The van der Waals surface area contributed by atoms with E-state index in [-0.39, 0.29) is 0 Å². The Morgan fingerprint density at radius 1 is 1.64 bits per heavy atom. The third-order valence-electron chi connectivity index (χ3n) is 3.45. The van der Waals surface area contributed by atoms with Crippen molar-refractivity contribution in [2.75, 3.05) is 7.05 Å². The lowest BCUT2D eigenvalue weighted by Gasteiger charge is -2.16. The molecule has 1 aromatic rings. The molecule has 1 fully saturated rings. The number of nitrogens with one attached hydrogen (secondary N) is 1. The number of likely N-dealkylation sites (N-methyl/N-ethyl adjacent to an activating group) is 1. The molecule has 2 rings (SSSR count). The molecule has 0 saturated heterocycles. The van der Waals surface area contributed by atoms with Crippen molar-refractivity contribution in [1.82, 2.24) is 5.32 Å². The second-order valence-electron chi connectivity index (χ2n) is 4.98. The second-order valence-corrected chi connectivity index (χ2v) is 6.01. The van der Waals surface area contributed by atoms with Gasteiger partial charge in [0.05, 0.1) is 0 Å². The summed E-state index contributed by atoms with van der Waals surface area (Å²) in [7, 11) is 2.09. The maximum absolute atomic E-state index is 3.46. The average Bonchev–Trinajstić information content (AvgIpc) is 2.62. The van der Waals surface area contributed by atoms with Gasteiger partial charge in [0.1, 0.15) is 0 Å². The van der Waals surface area contributed by atoms with Gasteiger partial charge in [-0.1, -0.05) is 19.9 Å². The van der Waals surface area contributed by atoms with Crippen molar-refractivity contribution in [3.05, 3.63) is 22.4 Å². The van der Waals surface area contributed by atoms with Crippen molar-refractivity contribution in [3.8, 4) is 0 Å². The molecule has 2 atom stereocenters. The molecule has 1 aromatic heterocycles. The minimum atomic E-state index is 0.574. The minimum absolute atomic E-state index is 0.574. The van der Waals surface area contributed by atoms with Crippen LogP contribution in [0, 0.1) is 11.3 Å². The van der Waals surface area contributed by atoms with E-state index in [1.54, 1.807) is 0 Å². The molecule has 78 valence electrons. The van der Waals surface area contributed by atoms with E-state index in [0.717, 1.165) is 5.92 Å². The van der Waals surface area contributed by atoms with Crippen molar-refractivity contribution in [3.63, 3.8) is 0 Å². The molecule has 1 nitrogen and oxygen atoms in total. The number of hydrogen-bond donors (Lipinski definition) is 1. The third kappa shape index (κ3) is 2.01. The minimum Gasteiger partial charge on any atom is -0.316 e. The first-order chi connectivity index (χ1) is 6.63. The van der Waals surface area contributed by atoms with Crippen LogP contribution in [-0.2, 0) is 6.42 Å². The summed E-state index contributed by atoms with van der Waals surface area (Å²) in [5, 5.41) is 5.63. The van der Waals surface area contributed by atoms with E-state index in [9.17, 15) is 0 Å². The van der Waals surface area contributed by atoms with E-state index >= 15 is 0 Å². The highest BCUT2D eigenvalue weighted by molar-refractivity contribution is 7.09. The predicted octanol–water partition coefficient (Wildman–Crippen LogP) is 2.92. The van der Waals surface area contributed by atoms with Gasteiger partial charge in [-0.3, -0.25) is 0 Å². The second kappa shape index (κ2) is 3.67. The van der Waals surface area contributed by atoms with Crippen LogP contribution in [0.5, 0.6) is 0 Å². The first kappa shape index (κ1) is 10.2. The summed E-state index contributed by atoms with van der Waals surface area (Å²) in [5.41, 5.74) is 0.574. The first-order valence-electron chi connectivity index (χ1n) is 5.33. The fourth-order valence-electron chi connectivity index (χ4n) is 2.29. The fourth-order valence-corrected chi connectivity index (χ4v) is 3.05. The number of hydrogen-bond acceptors (Lipinski definition) is 2. The van der Waals surface area contributed by atoms with Gasteiger partial charge in [-0.15, -0.1) is 11.3 Å². The Bertz CT molecular complexity index is 289. The molecule has 0 aromatic carbocycles. The highest BCUT2D eigenvalue weighted by atomic mass is 32.1. The lowest BCUT2D eigenvalue weighted by Crippen LogP contribution is -2.31. The van der Waals surface area contributed by atoms with Crippen molar-refractivity contribution in [1.29, 1.82) is 0 Å². The molecule has 0 bridgehead atoms. The largest absolute Gasteiger partial charge is 0.316 e. The van der Waals surface area contributed by atoms with Crippen LogP contribution in [0.3, 0.4) is 0 Å². The number of rotatable bonds is 4. The lowest BCUT2D eigenvalue weighted by atomic mass is 10.0. The molecule has 2 heteroatoms. The van der Waals surface area contributed by atoms with E-state index in [1.807, 2.05) is 11.3 Å². The molecular weight excluding hydrogens is 190 g/mol. The maximum atomic E-state index is 3.46. The Hall–Kier alpha value is -0.340. The molecule has 1 aliphatic rings. The molecule has 1 heterocycles. The Morgan fingerprint density at radius 2 is 2.36 bits per heavy atom. The summed E-state index contributed by atoms with van der Waals surface area (Å²) in [5.74, 6) is 0.870. The predicted molar refractivity (Wildman–Crippen MR) is 62.8 cm³/mol. The van der Waals surface area contributed by atoms with Gasteiger partial charge in [0.2, 0.25) is 0 Å². The lowest BCUT2D eigenvalue weighted by molar-refractivity contribution is 0.428. The zero-order chi connectivity index (χ0) is 10.2. The van der Waals surface area contributed by atoms with Crippen LogP contribution in [0.4, 0.5) is 0 Å². The van der Waals surface area contributed by atoms with Gasteiger partial charge >= 0.3 is 0 Å². The molecule has 0 radical (unpaired) electrons. The summed E-state index contributed by atoms with van der Waals surface area (Å²) in [6.07, 6.45) is 2.58. The molecule has 0 amide bonds. The zero-order valence-electron chi connectivity index (χ0n) is 9.21. The Morgan fingerprint density at radius 3 is 2.79 bits per heavy atom. The molecule has 1 aliphatic carbocycles. The average molecular weight is 209 g/mol. The maximum Gasteiger partial charge on any atom is 0.0146 e. The van der Waals surface area contributed by atoms with Crippen LogP contribution >= 0.6 is 11.3 Å². The van der Waals surface area contributed by atoms with Gasteiger partial charge < -0.3 is 5.32 Å². The Kier molecular flexibility index (Phi) is 2.67. The van der Waals surface area contributed by atoms with Crippen LogP contribution in [0.15, 0.2) is 17.5 Å². The van der Waals surface area contributed by atoms with Gasteiger partial charge in [0.15, 0.2) is 0 Å². The van der Waals surface area contributed by atoms with Crippen LogP contribution in [0.1, 0.15) is 25.1 Å². The molecule has 2 unspecified atom stereocenters. The highest BCUT2D eigenvalue weighted by Crippen LogP contribution is 2.54. The van der Waals surface area contributed by atoms with E-state index < -0.39 is 0 Å². The molecule has 0 aliphatic heterocycles. The quantitative estimate of drug-likeness (QED) is 0.804. The molecule has 1 saturated carbocycles. The Labute approximate surface area is 90.5 Å². The van der Waals surface area contributed by atoms with Crippen molar-refractivity contribution >= 4 is 11.3 Å². The monoisotopic (exact) mass is 209 g/mol. The summed E-state index contributed by atoms with van der Waals surface area (Å²) in [6.45, 7) is 4.74. The smallest absolute Gasteiger partial charge is 0.0146 e. The first-order valence-corrected chi connectivity index (χ1v) is 6.21. The highest BCUT2D eigenvalue weighted by Gasteiger charge is 2.49. The Balaban J connectivity index is 1.95. The topological polar surface area (TPSA) is 12.0 Å². The SMILES string of the molecule is CNC(Cc1cccs1)C1CC1(C)C. The van der Waals surface area contributed by atoms with Crippen LogP contribution in [-0.4, -0.2) is 13.1 Å². The summed E-state index contributed by atoms with van der Waals surface area (Å²) in [4.78, 5) is 1.51. The zero-order valence-corrected chi connectivity index (χ0v) is 10.0. The van der Waals surface area contributed by atoms with Crippen LogP contribution in [0.2, 0.25) is 0 Å². The molecular formula is C12H19NS. The van der Waals surface area contributed by atoms with E-state index in [2.05, 4.69) is 43.7 Å². The van der Waals surface area contributed by atoms with Crippen molar-refractivity contribution < 1.29 is 0 Å².